The molecule has 0 atom stereocenters. The molecule has 4 heterocycles. The van der Waals surface area contributed by atoms with Crippen molar-refractivity contribution in [2.24, 2.45) is 10.2 Å². The Hall–Kier alpha value is -7.58. The van der Waals surface area contributed by atoms with Gasteiger partial charge in [-0.3, -0.25) is 0 Å². The van der Waals surface area contributed by atoms with Crippen molar-refractivity contribution in [3.05, 3.63) is 193 Å². The van der Waals surface area contributed by atoms with Crippen LogP contribution in [0, 0.1) is 0 Å². The molecule has 10 rings (SSSR count). The van der Waals surface area contributed by atoms with Crippen LogP contribution in [0.5, 0.6) is 0 Å². The molecule has 62 heavy (non-hydrogen) atoms. The zero-order valence-electron chi connectivity index (χ0n) is 34.8. The fourth-order valence-electron chi connectivity index (χ4n) is 8.86. The molecule has 2 N–H and O–H groups in total. The van der Waals surface area contributed by atoms with Gasteiger partial charge in [-0.25, -0.2) is 10.0 Å². The van der Waals surface area contributed by atoms with Gasteiger partial charge in [0.25, 0.3) is 0 Å². The molecule has 0 radical (unpaired) electrons. The average molecular weight is 811 g/mol. The molecular formula is C54H50N8. The molecule has 0 aliphatic rings. The molecule has 0 saturated heterocycles. The minimum Gasteiger partial charge on any atom is -0.347 e. The van der Waals surface area contributed by atoms with Crippen LogP contribution in [0.25, 0.3) is 43.6 Å². The van der Waals surface area contributed by atoms with Crippen molar-refractivity contribution >= 4 is 79.1 Å². The van der Waals surface area contributed by atoms with E-state index < -0.39 is 0 Å². The van der Waals surface area contributed by atoms with Crippen molar-refractivity contribution in [1.29, 1.82) is 0 Å². The highest BCUT2D eigenvalue weighted by atomic mass is 15.5. The van der Waals surface area contributed by atoms with Gasteiger partial charge >= 0.3 is 0 Å². The number of anilines is 4. The second-order valence-corrected chi connectivity index (χ2v) is 15.9. The lowest BCUT2D eigenvalue weighted by Gasteiger charge is -2.17. The Labute approximate surface area is 362 Å². The van der Waals surface area contributed by atoms with E-state index in [-0.39, 0.29) is 0 Å². The van der Waals surface area contributed by atoms with Crippen molar-refractivity contribution in [3.8, 4) is 0 Å². The number of H-pyrrole nitrogens is 2. The van der Waals surface area contributed by atoms with E-state index in [2.05, 4.69) is 128 Å². The number of rotatable bonds is 17. The Morgan fingerprint density at radius 3 is 1.23 bits per heavy atom. The van der Waals surface area contributed by atoms with E-state index in [1.54, 1.807) is 0 Å². The lowest BCUT2D eigenvalue weighted by Crippen LogP contribution is -2.09. The summed E-state index contributed by atoms with van der Waals surface area (Å²) in [5.41, 5.74) is 9.31. The number of nitrogens with zero attached hydrogens (tertiary/aromatic N) is 6. The van der Waals surface area contributed by atoms with Crippen LogP contribution < -0.4 is 10.0 Å². The van der Waals surface area contributed by atoms with Crippen LogP contribution >= 0.6 is 0 Å². The molecule has 10 aromatic rings. The molecule has 4 aromatic heterocycles. The van der Waals surface area contributed by atoms with Crippen molar-refractivity contribution in [1.82, 2.24) is 19.1 Å². The minimum atomic E-state index is 0.922. The molecule has 0 spiro atoms. The lowest BCUT2D eigenvalue weighted by molar-refractivity contribution is 0.545. The van der Waals surface area contributed by atoms with E-state index in [4.69, 9.17) is 10.2 Å². The summed E-state index contributed by atoms with van der Waals surface area (Å²) in [5, 5.41) is 18.9. The number of fused-ring (bicyclic) bond motifs is 6. The van der Waals surface area contributed by atoms with Crippen molar-refractivity contribution in [2.45, 2.75) is 51.6 Å². The highest BCUT2D eigenvalue weighted by molar-refractivity contribution is 6.10. The van der Waals surface area contributed by atoms with Gasteiger partial charge in [-0.2, -0.15) is 10.2 Å². The standard InChI is InChI=1S/C54H50N8/c1(3-15-35-59-49-25-13-11-23-45(49)47-37-41(29-31-51(47)59)39-57-61(53-27-17-33-55-53)43-19-7-5-8-20-43)2-4-16-36-60-50-26-14-12-24-46(50)48-38-42(30-32-52(48)60)40-58-62(54-28-18-34-56-54)44-21-9-6-10-22-44/h5-14,17-34,37-40,55-56H,1-4,15-16,35-36H2. The Balaban J connectivity index is 0.766. The molecule has 306 valence electrons. The number of hydrazone groups is 2. The third-order valence-corrected chi connectivity index (χ3v) is 11.9. The molecule has 0 fully saturated rings. The maximum atomic E-state index is 4.92. The van der Waals surface area contributed by atoms with Crippen LogP contribution in [-0.2, 0) is 13.1 Å². The number of para-hydroxylation sites is 4. The van der Waals surface area contributed by atoms with Gasteiger partial charge in [-0.05, 0) is 109 Å². The zero-order chi connectivity index (χ0) is 41.5. The molecule has 0 saturated carbocycles. The summed E-state index contributed by atoms with van der Waals surface area (Å²) in [4.78, 5) is 6.60. The van der Waals surface area contributed by atoms with Gasteiger partial charge in [0.2, 0.25) is 0 Å². The Morgan fingerprint density at radius 2 is 0.790 bits per heavy atom. The number of aryl methyl sites for hydroxylation is 2. The summed E-state index contributed by atoms with van der Waals surface area (Å²) >= 11 is 0. The predicted molar refractivity (Wildman–Crippen MR) is 261 cm³/mol. The molecule has 0 aliphatic carbocycles. The van der Waals surface area contributed by atoms with E-state index in [1.807, 2.05) is 95.5 Å². The number of hydrogen-bond acceptors (Lipinski definition) is 4. The van der Waals surface area contributed by atoms with Gasteiger partial charge in [0, 0.05) is 69.1 Å². The fraction of sp³-hybridized carbons (Fsp3) is 0.148. The highest BCUT2D eigenvalue weighted by Gasteiger charge is 2.14. The first-order valence-electron chi connectivity index (χ1n) is 21.9. The number of hydrogen-bond donors (Lipinski definition) is 2. The fourth-order valence-corrected chi connectivity index (χ4v) is 8.86. The first kappa shape index (κ1) is 38.6. The predicted octanol–water partition coefficient (Wildman–Crippen LogP) is 13.9. The number of benzene rings is 6. The normalized spacial score (nSPS) is 11.9. The van der Waals surface area contributed by atoms with Gasteiger partial charge in [-0.1, -0.05) is 111 Å². The Kier molecular flexibility index (Phi) is 11.2. The lowest BCUT2D eigenvalue weighted by atomic mass is 10.1. The van der Waals surface area contributed by atoms with Gasteiger partial charge < -0.3 is 19.1 Å². The average Bonchev–Trinajstić information content (AvgIpc) is 4.16. The van der Waals surface area contributed by atoms with Crippen LogP contribution in [0.15, 0.2) is 192 Å². The molecule has 0 aliphatic heterocycles. The van der Waals surface area contributed by atoms with Gasteiger partial charge in [-0.15, -0.1) is 0 Å². The maximum Gasteiger partial charge on any atom is 0.132 e. The van der Waals surface area contributed by atoms with Crippen LogP contribution in [0.3, 0.4) is 0 Å². The zero-order valence-corrected chi connectivity index (χ0v) is 34.8. The summed E-state index contributed by atoms with van der Waals surface area (Å²) in [5.74, 6) is 1.84. The van der Waals surface area contributed by atoms with Crippen molar-refractivity contribution in [2.75, 3.05) is 10.0 Å². The van der Waals surface area contributed by atoms with Crippen LogP contribution in [0.4, 0.5) is 23.0 Å². The number of aromatic nitrogens is 4. The second-order valence-electron chi connectivity index (χ2n) is 15.9. The third-order valence-electron chi connectivity index (χ3n) is 11.9. The molecular weight excluding hydrogens is 761 g/mol. The van der Waals surface area contributed by atoms with Gasteiger partial charge in [0.05, 0.1) is 23.8 Å². The topological polar surface area (TPSA) is 72.6 Å². The van der Waals surface area contributed by atoms with Crippen molar-refractivity contribution < 1.29 is 0 Å². The van der Waals surface area contributed by atoms with E-state index in [0.717, 1.165) is 60.1 Å². The third kappa shape index (κ3) is 8.02. The van der Waals surface area contributed by atoms with Gasteiger partial charge in [0.1, 0.15) is 11.6 Å². The Morgan fingerprint density at radius 1 is 0.387 bits per heavy atom. The van der Waals surface area contributed by atoms with Crippen molar-refractivity contribution in [3.63, 3.8) is 0 Å². The molecule has 8 heteroatoms. The summed E-state index contributed by atoms with van der Waals surface area (Å²) < 4.78 is 5.03. The van der Waals surface area contributed by atoms with Crippen LogP contribution in [-0.4, -0.2) is 31.5 Å². The van der Waals surface area contributed by atoms with E-state index >= 15 is 0 Å². The summed E-state index contributed by atoms with van der Waals surface area (Å²) in [6.45, 7) is 2.02. The first-order valence-corrected chi connectivity index (χ1v) is 21.9. The van der Waals surface area contributed by atoms with E-state index in [0.29, 0.717) is 0 Å². The highest BCUT2D eigenvalue weighted by Crippen LogP contribution is 2.33. The molecule has 6 aromatic carbocycles. The number of aromatic amines is 2. The minimum absolute atomic E-state index is 0.922. The smallest absolute Gasteiger partial charge is 0.132 e. The largest absolute Gasteiger partial charge is 0.347 e. The Bertz CT molecular complexity index is 2870. The maximum absolute atomic E-state index is 4.92. The quantitative estimate of drug-likeness (QED) is 0.0546. The number of unbranched alkanes of at least 4 members (excludes halogenated alkanes) is 5. The molecule has 8 nitrogen and oxygen atoms in total. The molecule has 0 amide bonds. The SMILES string of the molecule is C(=NN(c1ccccc1)c1ccc[nH]1)c1ccc2c(c1)c1ccccc1n2CCCCCCCCn1c2ccccc2c2cc(C=NN(c3ccccc3)c3ccc[nH]3)ccc21. The monoisotopic (exact) mass is 810 g/mol. The van der Waals surface area contributed by atoms with E-state index in [1.165, 1.54) is 69.3 Å². The molecule has 0 bridgehead atoms. The summed E-state index contributed by atoms with van der Waals surface area (Å²) in [6, 6.07) is 59.7. The van der Waals surface area contributed by atoms with Gasteiger partial charge in [0.15, 0.2) is 0 Å². The van der Waals surface area contributed by atoms with E-state index in [9.17, 15) is 0 Å². The number of nitrogens with one attached hydrogen (secondary N) is 2. The molecule has 0 unspecified atom stereocenters. The second kappa shape index (κ2) is 18.0. The summed E-state index contributed by atoms with van der Waals surface area (Å²) in [6.07, 6.45) is 15.0. The van der Waals surface area contributed by atoms with Crippen LogP contribution in [0.2, 0.25) is 0 Å². The van der Waals surface area contributed by atoms with Crippen LogP contribution in [0.1, 0.15) is 49.7 Å². The first-order chi connectivity index (χ1) is 30.8. The summed E-state index contributed by atoms with van der Waals surface area (Å²) in [7, 11) is 0.